The highest BCUT2D eigenvalue weighted by Gasteiger charge is 2.52. The fourth-order valence-electron chi connectivity index (χ4n) is 5.69. The van der Waals surface area contributed by atoms with Gasteiger partial charge >= 0.3 is 11.9 Å². The van der Waals surface area contributed by atoms with Crippen LogP contribution in [-0.4, -0.2) is 115 Å². The van der Waals surface area contributed by atoms with Crippen LogP contribution in [0.1, 0.15) is 37.9 Å². The molecule has 0 radical (unpaired) electrons. The highest BCUT2D eigenvalue weighted by molar-refractivity contribution is 5.92. The molecule has 1 saturated heterocycles. The van der Waals surface area contributed by atoms with Crippen molar-refractivity contribution in [3.8, 4) is 63.2 Å². The minimum atomic E-state index is -2.05. The number of phenols is 10. The Morgan fingerprint density at radius 3 is 1.76 bits per heavy atom. The molecule has 13 N–H and O–H groups in total. The van der Waals surface area contributed by atoms with Crippen molar-refractivity contribution in [1.29, 1.82) is 0 Å². The maximum atomic E-state index is 13.5. The van der Waals surface area contributed by atoms with Gasteiger partial charge in [-0.15, -0.1) is 0 Å². The lowest BCUT2D eigenvalue weighted by Crippen LogP contribution is -2.61. The van der Waals surface area contributed by atoms with E-state index >= 15 is 0 Å². The molecule has 0 aliphatic carbocycles. The topological polar surface area (TPSA) is 327 Å². The molecule has 19 nitrogen and oxygen atoms in total. The van der Waals surface area contributed by atoms with Gasteiger partial charge in [-0.25, -0.2) is 9.59 Å². The molecule has 2 aliphatic heterocycles. The maximum absolute atomic E-state index is 13.5. The predicted octanol–water partition coefficient (Wildman–Crippen LogP) is 1.63. The number of aliphatic hydroxyl groups excluding tert-OH is 2. The van der Waals surface area contributed by atoms with Gasteiger partial charge in [0, 0.05) is 12.1 Å². The number of hydrogen-bond donors (Lipinski definition) is 12. The van der Waals surface area contributed by atoms with Gasteiger partial charge in [0.25, 0.3) is 11.9 Å². The third-order valence-corrected chi connectivity index (χ3v) is 8.41. The Morgan fingerprint density at radius 2 is 1.22 bits per heavy atom. The van der Waals surface area contributed by atoms with E-state index in [2.05, 4.69) is 4.74 Å². The summed E-state index contributed by atoms with van der Waals surface area (Å²) in [4.78, 5) is 26.9. The Labute approximate surface area is 301 Å². The molecule has 0 amide bonds. The van der Waals surface area contributed by atoms with Gasteiger partial charge in [-0.3, -0.25) is 0 Å². The van der Waals surface area contributed by atoms with Crippen molar-refractivity contribution in [1.82, 2.24) is 0 Å². The lowest BCUT2D eigenvalue weighted by atomic mass is 9.97. The molecule has 1 fully saturated rings. The number of fused-ring (bicyclic) bond motifs is 1. The van der Waals surface area contributed by atoms with Crippen molar-refractivity contribution in [3.05, 3.63) is 82.6 Å². The number of aromatic hydroxyl groups is 11. The number of phenolic OH excluding ortho intramolecular Hbond substituents is 10. The summed E-state index contributed by atoms with van der Waals surface area (Å²) in [5.41, 5.74) is -1.01. The summed E-state index contributed by atoms with van der Waals surface area (Å²) in [6.45, 7) is -0.960. The monoisotopic (exact) mass is 755 g/mol. The molecule has 1 unspecified atom stereocenters. The van der Waals surface area contributed by atoms with Gasteiger partial charge in [-0.2, -0.15) is 0 Å². The Morgan fingerprint density at radius 1 is 0.667 bits per heavy atom. The van der Waals surface area contributed by atoms with E-state index in [9.17, 15) is 70.9 Å². The predicted molar refractivity (Wildman–Crippen MR) is 176 cm³/mol. The number of carbonyl (C=O) groups excluding carboxylic acids is 2. The van der Waals surface area contributed by atoms with Crippen molar-refractivity contribution in [2.45, 2.75) is 36.8 Å². The average Bonchev–Trinajstić information content (AvgIpc) is 3.12. The van der Waals surface area contributed by atoms with Crippen LogP contribution in [0, 0.1) is 0 Å². The second kappa shape index (κ2) is 14.2. The van der Waals surface area contributed by atoms with Crippen LogP contribution in [0.4, 0.5) is 0 Å². The molecule has 54 heavy (non-hydrogen) atoms. The van der Waals surface area contributed by atoms with Crippen molar-refractivity contribution < 1.29 is 94.6 Å². The number of aliphatic hydroxyl groups is 3. The molecule has 0 bridgehead atoms. The molecule has 2 aliphatic rings. The standard InChI is InChI=1S/C35H30O19/c36-11-26-29(47)31(53-33(48)13-4-20(41)27(45)21(42)5-13)32(54-34(49)14-6-22(43)28(46)23(44)7-14)35(52-26)51-25-10-16-18(39)8-15(37)9-24(16)50-30(25)12-1-2-17(38)19(40)3-12/h1-10,26,29-32,35-47H,11H2/p+1/t26-,29-,30?,31+,32-,35-/m1/s1. The molecule has 19 heteroatoms. The van der Waals surface area contributed by atoms with Gasteiger partial charge in [0.15, 0.2) is 57.9 Å². The molecule has 0 aromatic heterocycles. The van der Waals surface area contributed by atoms with Gasteiger partial charge in [0.1, 0.15) is 29.3 Å². The number of benzene rings is 4. The number of hydrogen-bond acceptors (Lipinski definition) is 18. The fraction of sp³-hybridized carbons (Fsp3) is 0.200. The van der Waals surface area contributed by atoms with Gasteiger partial charge in [-0.1, -0.05) is 0 Å². The summed E-state index contributed by atoms with van der Waals surface area (Å²) < 4.78 is 27.5. The number of carbonyl (C=O) groups is 2. The average molecular weight is 756 g/mol. The zero-order valence-corrected chi connectivity index (χ0v) is 27.2. The molecule has 4 aromatic rings. The third kappa shape index (κ3) is 6.96. The molecule has 284 valence electrons. The van der Waals surface area contributed by atoms with Gasteiger partial charge in [0.05, 0.1) is 29.4 Å². The minimum absolute atomic E-state index is 0.00452. The van der Waals surface area contributed by atoms with E-state index in [1.807, 2.05) is 0 Å². The van der Waals surface area contributed by atoms with Crippen molar-refractivity contribution >= 4 is 18.0 Å². The lowest BCUT2D eigenvalue weighted by molar-refractivity contribution is -0.293. The van der Waals surface area contributed by atoms with E-state index in [1.165, 1.54) is 18.2 Å². The van der Waals surface area contributed by atoms with E-state index in [4.69, 9.17) is 18.9 Å². The Balaban J connectivity index is 1.45. The fourth-order valence-corrected chi connectivity index (χ4v) is 5.69. The number of rotatable bonds is 8. The zero-order valence-electron chi connectivity index (χ0n) is 27.2. The van der Waals surface area contributed by atoms with Crippen LogP contribution in [0.2, 0.25) is 0 Å². The first-order valence-electron chi connectivity index (χ1n) is 15.6. The largest absolute Gasteiger partial charge is 0.571 e. The van der Waals surface area contributed by atoms with Crippen LogP contribution in [0.3, 0.4) is 0 Å². The highest BCUT2D eigenvalue weighted by atomic mass is 16.7. The third-order valence-electron chi connectivity index (χ3n) is 8.41. The summed E-state index contributed by atoms with van der Waals surface area (Å²) in [7, 11) is 0. The Kier molecular flexibility index (Phi) is 9.70. The Bertz CT molecular complexity index is 2120. The molecular weight excluding hydrogens is 724 g/mol. The molecule has 6 rings (SSSR count). The van der Waals surface area contributed by atoms with Crippen LogP contribution < -0.4 is 0 Å². The summed E-state index contributed by atoms with van der Waals surface area (Å²) in [6, 6.07) is 8.60. The van der Waals surface area contributed by atoms with Crippen molar-refractivity contribution in [2.75, 3.05) is 6.61 Å². The van der Waals surface area contributed by atoms with Gasteiger partial charge < -0.3 is 85.0 Å². The SMILES string of the molecule is O=C(O[C@H]1[C@H](OC2=Cc3c(O)cc(O)cc3[OH+]C2c2ccc(O)c(O)c2)O[C@H](CO)[C@@H](O)[C@@H]1OC(=O)c1cc(O)c(O)c(O)c1)c1cc(O)c(O)c(O)c1. The normalized spacial score (nSPS) is 21.9. The highest BCUT2D eigenvalue weighted by Crippen LogP contribution is 2.47. The minimum Gasteiger partial charge on any atom is -0.571 e. The van der Waals surface area contributed by atoms with Crippen molar-refractivity contribution in [3.63, 3.8) is 0 Å². The summed E-state index contributed by atoms with van der Waals surface area (Å²) in [5.74, 6) is -10.6. The van der Waals surface area contributed by atoms with E-state index in [1.54, 1.807) is 0 Å². The van der Waals surface area contributed by atoms with Gasteiger partial charge in [0.2, 0.25) is 12.4 Å². The smallest absolute Gasteiger partial charge is 0.339 e. The summed E-state index contributed by atoms with van der Waals surface area (Å²) in [6.07, 6.45) is -9.79. The Hall–Kier alpha value is -6.96. The van der Waals surface area contributed by atoms with E-state index in [0.717, 1.165) is 18.2 Å². The van der Waals surface area contributed by atoms with E-state index in [-0.39, 0.29) is 28.4 Å². The molecule has 4 aromatic carbocycles. The van der Waals surface area contributed by atoms with Gasteiger partial charge in [-0.05, 0) is 42.5 Å². The van der Waals surface area contributed by atoms with E-state index in [0.29, 0.717) is 24.3 Å². The molecular formula is C35H31O19+. The van der Waals surface area contributed by atoms with Crippen LogP contribution in [0.15, 0.2) is 60.4 Å². The molecule has 6 atom stereocenters. The second-order valence-electron chi connectivity index (χ2n) is 12.0. The first-order valence-corrected chi connectivity index (χ1v) is 15.6. The zero-order chi connectivity index (χ0) is 39.2. The van der Waals surface area contributed by atoms with Crippen LogP contribution >= 0.6 is 0 Å². The first kappa shape index (κ1) is 36.8. The summed E-state index contributed by atoms with van der Waals surface area (Å²) in [5, 5.41) is 122. The van der Waals surface area contributed by atoms with Crippen LogP contribution in [0.25, 0.3) is 6.08 Å². The summed E-state index contributed by atoms with van der Waals surface area (Å²) >= 11 is 0. The van der Waals surface area contributed by atoms with Crippen LogP contribution in [-0.2, 0) is 18.9 Å². The first-order chi connectivity index (χ1) is 25.6. The number of ether oxygens (including phenoxy) is 5. The maximum Gasteiger partial charge on any atom is 0.339 e. The quantitative estimate of drug-likeness (QED) is 0.0690. The molecule has 0 spiro atoms. The second-order valence-corrected chi connectivity index (χ2v) is 12.0. The van der Waals surface area contributed by atoms with Crippen LogP contribution in [0.5, 0.6) is 63.2 Å². The molecule has 0 saturated carbocycles. The lowest BCUT2D eigenvalue weighted by Gasteiger charge is -2.43. The number of esters is 2. The van der Waals surface area contributed by atoms with E-state index < -0.39 is 118 Å². The van der Waals surface area contributed by atoms with Crippen molar-refractivity contribution in [2.24, 2.45) is 0 Å². The molecule has 2 heterocycles.